The number of nitrogens with zero attached hydrogens (tertiary/aromatic N) is 3. The number of alkyl halides is 3. The summed E-state index contributed by atoms with van der Waals surface area (Å²) < 4.78 is 36.8. The second-order valence-corrected chi connectivity index (χ2v) is 2.75. The van der Waals surface area contributed by atoms with Crippen LogP contribution in [-0.4, -0.2) is 35.1 Å². The lowest BCUT2D eigenvalue weighted by Crippen LogP contribution is -2.28. The zero-order valence-corrected chi connectivity index (χ0v) is 8.45. The van der Waals surface area contributed by atoms with Crippen molar-refractivity contribution in [3.05, 3.63) is 23.8 Å². The molecule has 0 atom stereocenters. The van der Waals surface area contributed by atoms with Crippen LogP contribution < -0.4 is 0 Å². The van der Waals surface area contributed by atoms with E-state index in [1.165, 1.54) is 14.2 Å². The molecule has 88 valence electrons. The van der Waals surface area contributed by atoms with Crippen LogP contribution in [0.15, 0.2) is 12.3 Å². The van der Waals surface area contributed by atoms with Crippen molar-refractivity contribution in [2.45, 2.75) is 6.18 Å². The molecule has 0 saturated carbocycles. The van der Waals surface area contributed by atoms with Crippen molar-refractivity contribution in [1.82, 2.24) is 15.0 Å². The van der Waals surface area contributed by atoms with Gasteiger partial charge in [0.1, 0.15) is 5.69 Å². The van der Waals surface area contributed by atoms with E-state index in [2.05, 4.69) is 14.8 Å². The van der Waals surface area contributed by atoms with Crippen LogP contribution in [0.5, 0.6) is 0 Å². The van der Waals surface area contributed by atoms with E-state index in [0.29, 0.717) is 6.07 Å². The molecule has 0 unspecified atom stereocenters. The van der Waals surface area contributed by atoms with Gasteiger partial charge in [0.2, 0.25) is 5.82 Å². The molecule has 0 aromatic carbocycles. The molecule has 0 aliphatic carbocycles. The van der Waals surface area contributed by atoms with Crippen LogP contribution in [0.25, 0.3) is 0 Å². The highest BCUT2D eigenvalue weighted by Crippen LogP contribution is 2.26. The largest absolute Gasteiger partial charge is 0.433 e. The maximum absolute atomic E-state index is 12.3. The number of hydrogen-bond acceptors (Lipinski definition) is 4. The molecular weight excluding hydrogens is 227 g/mol. The number of aromatic nitrogens is 2. The fourth-order valence-electron chi connectivity index (χ4n) is 0.843. The van der Waals surface area contributed by atoms with E-state index in [1.807, 2.05) is 0 Å². The molecule has 5 nitrogen and oxygen atoms in total. The molecule has 1 aromatic heterocycles. The molecular formula is C8H8F3N3O2. The summed E-state index contributed by atoms with van der Waals surface area (Å²) in [4.78, 5) is 22.4. The number of hydroxylamine groups is 2. The molecule has 0 bridgehead atoms. The molecule has 0 radical (unpaired) electrons. The molecule has 1 amide bonds. The fourth-order valence-corrected chi connectivity index (χ4v) is 0.843. The Hall–Kier alpha value is -1.70. The summed E-state index contributed by atoms with van der Waals surface area (Å²) in [6.07, 6.45) is -3.74. The predicted molar refractivity (Wildman–Crippen MR) is 46.1 cm³/mol. The van der Waals surface area contributed by atoms with Crippen LogP contribution in [0, 0.1) is 0 Å². The summed E-state index contributed by atoms with van der Waals surface area (Å²) in [5.74, 6) is -1.42. The average molecular weight is 235 g/mol. The van der Waals surface area contributed by atoms with Gasteiger partial charge in [-0.05, 0) is 6.07 Å². The molecule has 0 aliphatic rings. The van der Waals surface area contributed by atoms with E-state index < -0.39 is 23.6 Å². The van der Waals surface area contributed by atoms with Crippen molar-refractivity contribution < 1.29 is 22.8 Å². The molecule has 1 rings (SSSR count). The minimum atomic E-state index is -4.61. The quantitative estimate of drug-likeness (QED) is 0.721. The first-order valence-corrected chi connectivity index (χ1v) is 4.08. The van der Waals surface area contributed by atoms with Gasteiger partial charge in [-0.2, -0.15) is 13.2 Å². The first kappa shape index (κ1) is 12.4. The summed E-state index contributed by atoms with van der Waals surface area (Å²) in [6.45, 7) is 0. The number of amides is 1. The Kier molecular flexibility index (Phi) is 3.43. The first-order valence-electron chi connectivity index (χ1n) is 4.08. The Morgan fingerprint density at radius 1 is 1.50 bits per heavy atom. The van der Waals surface area contributed by atoms with Gasteiger partial charge in [-0.15, -0.1) is 0 Å². The molecule has 0 aliphatic heterocycles. The van der Waals surface area contributed by atoms with Gasteiger partial charge in [-0.25, -0.2) is 15.0 Å². The predicted octanol–water partition coefficient (Wildman–Crippen LogP) is 1.13. The van der Waals surface area contributed by atoms with Gasteiger partial charge in [-0.3, -0.25) is 9.63 Å². The SMILES string of the molecule is CON(C)C(=O)c1nccc(C(F)(F)F)n1. The topological polar surface area (TPSA) is 55.3 Å². The van der Waals surface area contributed by atoms with Gasteiger partial charge in [0, 0.05) is 13.2 Å². The van der Waals surface area contributed by atoms with Gasteiger partial charge >= 0.3 is 12.1 Å². The molecule has 0 fully saturated rings. The summed E-state index contributed by atoms with van der Waals surface area (Å²) in [5, 5.41) is 0.732. The Morgan fingerprint density at radius 2 is 2.12 bits per heavy atom. The second kappa shape index (κ2) is 4.44. The lowest BCUT2D eigenvalue weighted by Gasteiger charge is -2.13. The third-order valence-electron chi connectivity index (χ3n) is 1.70. The number of carbonyl (C=O) groups excluding carboxylic acids is 1. The monoisotopic (exact) mass is 235 g/mol. The zero-order chi connectivity index (χ0) is 12.3. The third-order valence-corrected chi connectivity index (χ3v) is 1.70. The van der Waals surface area contributed by atoms with Crippen molar-refractivity contribution in [2.75, 3.05) is 14.2 Å². The highest BCUT2D eigenvalue weighted by molar-refractivity contribution is 5.89. The van der Waals surface area contributed by atoms with E-state index in [4.69, 9.17) is 0 Å². The minimum absolute atomic E-state index is 0.570. The first-order chi connectivity index (χ1) is 7.36. The standard InChI is InChI=1S/C8H8F3N3O2/c1-14(16-2)7(15)6-12-4-3-5(13-6)8(9,10)11/h3-4H,1-2H3. The number of carbonyl (C=O) groups is 1. The van der Waals surface area contributed by atoms with Crippen LogP contribution in [0.1, 0.15) is 16.3 Å². The normalized spacial score (nSPS) is 11.3. The van der Waals surface area contributed by atoms with Crippen molar-refractivity contribution in [2.24, 2.45) is 0 Å². The molecule has 0 N–H and O–H groups in total. The molecule has 0 spiro atoms. The van der Waals surface area contributed by atoms with E-state index >= 15 is 0 Å². The lowest BCUT2D eigenvalue weighted by atomic mass is 10.4. The van der Waals surface area contributed by atoms with E-state index in [0.717, 1.165) is 11.3 Å². The molecule has 0 saturated heterocycles. The maximum Gasteiger partial charge on any atom is 0.433 e. The van der Waals surface area contributed by atoms with Crippen LogP contribution in [0.3, 0.4) is 0 Å². The van der Waals surface area contributed by atoms with Gasteiger partial charge < -0.3 is 0 Å². The summed E-state index contributed by atoms with van der Waals surface area (Å²) in [6, 6.07) is 0.684. The lowest BCUT2D eigenvalue weighted by molar-refractivity contribution is -0.141. The zero-order valence-electron chi connectivity index (χ0n) is 8.45. The van der Waals surface area contributed by atoms with Gasteiger partial charge in [0.25, 0.3) is 0 Å². The number of halogens is 3. The van der Waals surface area contributed by atoms with Crippen LogP contribution in [0.4, 0.5) is 13.2 Å². The maximum atomic E-state index is 12.3. The highest BCUT2D eigenvalue weighted by atomic mass is 19.4. The van der Waals surface area contributed by atoms with Crippen molar-refractivity contribution in [1.29, 1.82) is 0 Å². The third kappa shape index (κ3) is 2.66. The molecule has 1 aromatic rings. The number of rotatable bonds is 2. The summed E-state index contributed by atoms with van der Waals surface area (Å²) >= 11 is 0. The van der Waals surface area contributed by atoms with E-state index in [9.17, 15) is 18.0 Å². The Balaban J connectivity index is 3.04. The fraction of sp³-hybridized carbons (Fsp3) is 0.375. The molecule has 1 heterocycles. The average Bonchev–Trinajstić information content (AvgIpc) is 2.26. The summed E-state index contributed by atoms with van der Waals surface area (Å²) in [7, 11) is 2.44. The molecule has 16 heavy (non-hydrogen) atoms. The van der Waals surface area contributed by atoms with Crippen LogP contribution >= 0.6 is 0 Å². The Bertz CT molecular complexity index is 394. The Labute approximate surface area is 88.8 Å². The second-order valence-electron chi connectivity index (χ2n) is 2.75. The van der Waals surface area contributed by atoms with Crippen molar-refractivity contribution in [3.63, 3.8) is 0 Å². The highest BCUT2D eigenvalue weighted by Gasteiger charge is 2.33. The van der Waals surface area contributed by atoms with E-state index in [-0.39, 0.29) is 0 Å². The molecule has 8 heteroatoms. The van der Waals surface area contributed by atoms with Gasteiger partial charge in [0.05, 0.1) is 7.11 Å². The minimum Gasteiger partial charge on any atom is -0.274 e. The van der Waals surface area contributed by atoms with Crippen LogP contribution in [0.2, 0.25) is 0 Å². The van der Waals surface area contributed by atoms with Gasteiger partial charge in [0.15, 0.2) is 0 Å². The van der Waals surface area contributed by atoms with Crippen molar-refractivity contribution >= 4 is 5.91 Å². The smallest absolute Gasteiger partial charge is 0.274 e. The number of hydrogen-bond donors (Lipinski definition) is 0. The van der Waals surface area contributed by atoms with Crippen molar-refractivity contribution in [3.8, 4) is 0 Å². The van der Waals surface area contributed by atoms with E-state index in [1.54, 1.807) is 0 Å². The van der Waals surface area contributed by atoms with Crippen LogP contribution in [-0.2, 0) is 11.0 Å². The Morgan fingerprint density at radius 3 is 2.62 bits per heavy atom. The summed E-state index contributed by atoms with van der Waals surface area (Å²) in [5.41, 5.74) is -1.17. The van der Waals surface area contributed by atoms with Gasteiger partial charge in [-0.1, -0.05) is 0 Å².